The first-order valence-corrected chi connectivity index (χ1v) is 6.09. The van der Waals surface area contributed by atoms with Crippen molar-refractivity contribution < 1.29 is 9.47 Å². The predicted octanol–water partition coefficient (Wildman–Crippen LogP) is 1.65. The van der Waals surface area contributed by atoms with Gasteiger partial charge in [0.1, 0.15) is 11.1 Å². The van der Waals surface area contributed by atoms with Crippen LogP contribution in [0, 0.1) is 0 Å². The van der Waals surface area contributed by atoms with Crippen molar-refractivity contribution in [1.82, 2.24) is 4.98 Å². The summed E-state index contributed by atoms with van der Waals surface area (Å²) in [5, 5.41) is 0.998. The van der Waals surface area contributed by atoms with Crippen LogP contribution < -0.4 is 10.5 Å². The van der Waals surface area contributed by atoms with E-state index in [4.69, 9.17) is 27.4 Å². The highest BCUT2D eigenvalue weighted by molar-refractivity contribution is 7.80. The Kier molecular flexibility index (Phi) is 2.85. The summed E-state index contributed by atoms with van der Waals surface area (Å²) < 4.78 is 10.8. The topological polar surface area (TPSA) is 57.4 Å². The van der Waals surface area contributed by atoms with Gasteiger partial charge in [0, 0.05) is 5.39 Å². The monoisotopic (exact) mass is 260 g/mol. The van der Waals surface area contributed by atoms with Crippen LogP contribution in [0.2, 0.25) is 0 Å². The summed E-state index contributed by atoms with van der Waals surface area (Å²) in [6.45, 7) is 1.18. The number of nitrogens with two attached hydrogens (primary N) is 1. The Hall–Kier alpha value is -1.72. The Labute approximate surface area is 110 Å². The van der Waals surface area contributed by atoms with Gasteiger partial charge in [-0.3, -0.25) is 0 Å². The van der Waals surface area contributed by atoms with Crippen LogP contribution >= 0.6 is 12.2 Å². The minimum Gasteiger partial charge on any atom is -0.469 e. The Balaban J connectivity index is 2.07. The Morgan fingerprint density at radius 1 is 1.39 bits per heavy atom. The summed E-state index contributed by atoms with van der Waals surface area (Å²) in [6, 6.07) is 9.71. The zero-order valence-electron chi connectivity index (χ0n) is 9.63. The molecule has 1 aromatic heterocycles. The zero-order chi connectivity index (χ0) is 12.5. The van der Waals surface area contributed by atoms with Gasteiger partial charge in [0.25, 0.3) is 0 Å². The molecular formula is C13H12N2O2S. The van der Waals surface area contributed by atoms with Gasteiger partial charge in [0.15, 0.2) is 0 Å². The maximum absolute atomic E-state index is 5.75. The summed E-state index contributed by atoms with van der Waals surface area (Å²) in [5.74, 6) is 0.495. The number of benzene rings is 1. The van der Waals surface area contributed by atoms with E-state index >= 15 is 0 Å². The molecule has 1 aromatic carbocycles. The molecule has 2 N–H and O–H groups in total. The summed E-state index contributed by atoms with van der Waals surface area (Å²) in [7, 11) is 0. The summed E-state index contributed by atoms with van der Waals surface area (Å²) >= 11 is 5.05. The molecule has 0 atom stereocenters. The van der Waals surface area contributed by atoms with Crippen LogP contribution in [0.1, 0.15) is 5.56 Å². The van der Waals surface area contributed by atoms with E-state index in [0.29, 0.717) is 29.6 Å². The molecule has 3 rings (SSSR count). The molecule has 92 valence electrons. The average molecular weight is 260 g/mol. The highest BCUT2D eigenvalue weighted by Crippen LogP contribution is 2.24. The number of thiocarbonyl (C=S) groups is 1. The molecule has 5 heteroatoms. The third kappa shape index (κ3) is 2.02. The van der Waals surface area contributed by atoms with Crippen molar-refractivity contribution in [2.75, 3.05) is 13.2 Å². The van der Waals surface area contributed by atoms with Gasteiger partial charge in [-0.25, -0.2) is 4.98 Å². The molecule has 0 radical (unpaired) electrons. The molecule has 1 aliphatic heterocycles. The Bertz CT molecular complexity index is 611. The second-order valence-corrected chi connectivity index (χ2v) is 4.62. The maximum atomic E-state index is 5.75. The van der Waals surface area contributed by atoms with E-state index in [-0.39, 0.29) is 6.10 Å². The first-order valence-electron chi connectivity index (χ1n) is 5.68. The van der Waals surface area contributed by atoms with Crippen LogP contribution in [-0.2, 0) is 4.74 Å². The van der Waals surface area contributed by atoms with Gasteiger partial charge in [0.2, 0.25) is 5.88 Å². The quantitative estimate of drug-likeness (QED) is 0.850. The highest BCUT2D eigenvalue weighted by Gasteiger charge is 2.23. The number of nitrogens with zero attached hydrogens (tertiary/aromatic N) is 1. The number of pyridine rings is 1. The van der Waals surface area contributed by atoms with E-state index in [1.54, 1.807) is 0 Å². The van der Waals surface area contributed by atoms with Gasteiger partial charge in [-0.1, -0.05) is 30.4 Å². The fourth-order valence-corrected chi connectivity index (χ4v) is 1.95. The molecular weight excluding hydrogens is 248 g/mol. The van der Waals surface area contributed by atoms with Crippen LogP contribution in [0.15, 0.2) is 30.3 Å². The molecule has 0 bridgehead atoms. The fourth-order valence-electron chi connectivity index (χ4n) is 1.80. The summed E-state index contributed by atoms with van der Waals surface area (Å²) in [5.41, 5.74) is 7.27. The molecule has 1 fully saturated rings. The van der Waals surface area contributed by atoms with Crippen molar-refractivity contribution in [3.05, 3.63) is 35.9 Å². The maximum Gasteiger partial charge on any atom is 0.224 e. The predicted molar refractivity (Wildman–Crippen MR) is 72.9 cm³/mol. The Morgan fingerprint density at radius 3 is 2.83 bits per heavy atom. The molecule has 0 spiro atoms. The number of hydrogen-bond acceptors (Lipinski definition) is 4. The van der Waals surface area contributed by atoms with Crippen LogP contribution in [0.4, 0.5) is 0 Å². The molecule has 1 aliphatic rings. The first kappa shape index (κ1) is 11.4. The van der Waals surface area contributed by atoms with Gasteiger partial charge in [0.05, 0.1) is 24.3 Å². The van der Waals surface area contributed by atoms with Gasteiger partial charge in [-0.15, -0.1) is 0 Å². The van der Waals surface area contributed by atoms with Crippen molar-refractivity contribution in [1.29, 1.82) is 0 Å². The number of hydrogen-bond donors (Lipinski definition) is 1. The average Bonchev–Trinajstić information content (AvgIpc) is 2.32. The minimum absolute atomic E-state index is 0.0479. The van der Waals surface area contributed by atoms with Crippen LogP contribution in [0.5, 0.6) is 5.88 Å². The molecule has 0 amide bonds. The van der Waals surface area contributed by atoms with Crippen molar-refractivity contribution in [3.63, 3.8) is 0 Å². The largest absolute Gasteiger partial charge is 0.469 e. The van der Waals surface area contributed by atoms with Crippen molar-refractivity contribution >= 4 is 28.1 Å². The van der Waals surface area contributed by atoms with E-state index in [1.807, 2.05) is 30.3 Å². The lowest BCUT2D eigenvalue weighted by Gasteiger charge is -2.27. The molecule has 0 aliphatic carbocycles. The second kappa shape index (κ2) is 4.51. The van der Waals surface area contributed by atoms with Crippen molar-refractivity contribution in [2.24, 2.45) is 5.73 Å². The van der Waals surface area contributed by atoms with Crippen LogP contribution in [0.3, 0.4) is 0 Å². The smallest absolute Gasteiger partial charge is 0.224 e. The molecule has 2 heterocycles. The van der Waals surface area contributed by atoms with E-state index in [2.05, 4.69) is 4.98 Å². The summed E-state index contributed by atoms with van der Waals surface area (Å²) in [6.07, 6.45) is 0.0479. The standard InChI is InChI=1S/C13H12N2O2S/c14-12(18)10-5-8-3-1-2-4-11(8)15-13(10)17-9-6-16-7-9/h1-5,9H,6-7H2,(H2,14,18). The molecule has 4 nitrogen and oxygen atoms in total. The lowest BCUT2D eigenvalue weighted by Crippen LogP contribution is -2.39. The third-order valence-electron chi connectivity index (χ3n) is 2.84. The number of para-hydroxylation sites is 1. The van der Waals surface area contributed by atoms with Crippen LogP contribution in [0.25, 0.3) is 10.9 Å². The number of fused-ring (bicyclic) bond motifs is 1. The molecule has 0 unspecified atom stereocenters. The van der Waals surface area contributed by atoms with Crippen molar-refractivity contribution in [2.45, 2.75) is 6.10 Å². The van der Waals surface area contributed by atoms with E-state index in [9.17, 15) is 0 Å². The SMILES string of the molecule is NC(=S)c1cc2ccccc2nc1OC1COC1. The van der Waals surface area contributed by atoms with Gasteiger partial charge < -0.3 is 15.2 Å². The summed E-state index contributed by atoms with van der Waals surface area (Å²) in [4.78, 5) is 4.77. The molecule has 0 saturated carbocycles. The zero-order valence-corrected chi connectivity index (χ0v) is 10.4. The molecule has 18 heavy (non-hydrogen) atoms. The number of rotatable bonds is 3. The number of aromatic nitrogens is 1. The minimum atomic E-state index is 0.0479. The Morgan fingerprint density at radius 2 is 2.17 bits per heavy atom. The normalized spacial score (nSPS) is 15.3. The highest BCUT2D eigenvalue weighted by atomic mass is 32.1. The molecule has 2 aromatic rings. The molecule has 1 saturated heterocycles. The fraction of sp³-hybridized carbons (Fsp3) is 0.231. The first-order chi connectivity index (χ1) is 8.74. The van der Waals surface area contributed by atoms with E-state index in [0.717, 1.165) is 10.9 Å². The van der Waals surface area contributed by atoms with Crippen molar-refractivity contribution in [3.8, 4) is 5.88 Å². The van der Waals surface area contributed by atoms with Gasteiger partial charge >= 0.3 is 0 Å². The van der Waals surface area contributed by atoms with Gasteiger partial charge in [-0.05, 0) is 12.1 Å². The third-order valence-corrected chi connectivity index (χ3v) is 3.06. The van der Waals surface area contributed by atoms with E-state index in [1.165, 1.54) is 0 Å². The lowest BCUT2D eigenvalue weighted by molar-refractivity contribution is -0.0812. The second-order valence-electron chi connectivity index (χ2n) is 4.18. The van der Waals surface area contributed by atoms with Crippen LogP contribution in [-0.4, -0.2) is 29.3 Å². The van der Waals surface area contributed by atoms with E-state index < -0.39 is 0 Å². The lowest BCUT2D eigenvalue weighted by atomic mass is 10.1. The van der Waals surface area contributed by atoms with Gasteiger partial charge in [-0.2, -0.15) is 0 Å². The number of ether oxygens (including phenoxy) is 2.